The number of nitrogens with zero attached hydrogens (tertiary/aromatic N) is 2. The lowest BCUT2D eigenvalue weighted by Gasteiger charge is -2.30. The molecule has 1 unspecified atom stereocenters. The molecule has 1 aromatic carbocycles. The predicted molar refractivity (Wildman–Crippen MR) is 125 cm³/mol. The number of rotatable bonds is 11. The van der Waals surface area contributed by atoms with Crippen LogP contribution in [0.1, 0.15) is 78.4 Å². The SMILES string of the molecule is CCN(CC)c1cccc(C(C)(C)CC(C)CCOc2ccc(C(C)C)cn2)c1. The van der Waals surface area contributed by atoms with Crippen LogP contribution in [0.5, 0.6) is 5.88 Å². The van der Waals surface area contributed by atoms with E-state index in [1.807, 2.05) is 12.3 Å². The smallest absolute Gasteiger partial charge is 0.213 e. The van der Waals surface area contributed by atoms with Crippen molar-refractivity contribution in [3.8, 4) is 5.88 Å². The molecule has 1 heterocycles. The maximum absolute atomic E-state index is 5.89. The van der Waals surface area contributed by atoms with E-state index in [-0.39, 0.29) is 5.41 Å². The summed E-state index contributed by atoms with van der Waals surface area (Å²) >= 11 is 0. The molecule has 29 heavy (non-hydrogen) atoms. The molecular weight excluding hydrogens is 356 g/mol. The number of ether oxygens (including phenoxy) is 1. The maximum Gasteiger partial charge on any atom is 0.213 e. The van der Waals surface area contributed by atoms with E-state index in [0.29, 0.717) is 18.4 Å². The van der Waals surface area contributed by atoms with Crippen molar-refractivity contribution in [1.29, 1.82) is 0 Å². The van der Waals surface area contributed by atoms with Gasteiger partial charge in [0.25, 0.3) is 0 Å². The van der Waals surface area contributed by atoms with E-state index in [1.165, 1.54) is 16.8 Å². The van der Waals surface area contributed by atoms with Gasteiger partial charge in [-0.2, -0.15) is 0 Å². The van der Waals surface area contributed by atoms with Crippen LogP contribution < -0.4 is 9.64 Å². The maximum atomic E-state index is 5.89. The van der Waals surface area contributed by atoms with Crippen LogP contribution in [0.4, 0.5) is 5.69 Å². The van der Waals surface area contributed by atoms with Gasteiger partial charge in [0, 0.05) is 31.0 Å². The van der Waals surface area contributed by atoms with Gasteiger partial charge in [0.1, 0.15) is 0 Å². The fourth-order valence-electron chi connectivity index (χ4n) is 3.99. The molecule has 0 aliphatic heterocycles. The minimum absolute atomic E-state index is 0.139. The molecule has 0 aliphatic carbocycles. The van der Waals surface area contributed by atoms with Crippen molar-refractivity contribution in [2.24, 2.45) is 5.92 Å². The molecule has 0 bridgehead atoms. The molecule has 0 saturated carbocycles. The molecule has 0 fully saturated rings. The van der Waals surface area contributed by atoms with Gasteiger partial charge < -0.3 is 9.64 Å². The Balaban J connectivity index is 1.90. The number of hydrogen-bond acceptors (Lipinski definition) is 3. The molecule has 0 saturated heterocycles. The van der Waals surface area contributed by atoms with Crippen LogP contribution in [0.3, 0.4) is 0 Å². The highest BCUT2D eigenvalue weighted by atomic mass is 16.5. The van der Waals surface area contributed by atoms with Crippen molar-refractivity contribution in [2.45, 2.75) is 72.6 Å². The Hall–Kier alpha value is -2.03. The predicted octanol–water partition coefficient (Wildman–Crippen LogP) is 6.82. The summed E-state index contributed by atoms with van der Waals surface area (Å²) in [5, 5.41) is 0. The molecule has 0 amide bonds. The lowest BCUT2D eigenvalue weighted by molar-refractivity contribution is 0.254. The molecule has 160 valence electrons. The van der Waals surface area contributed by atoms with Crippen LogP contribution in [0.2, 0.25) is 0 Å². The average molecular weight is 397 g/mol. The molecule has 0 aliphatic rings. The zero-order valence-electron chi connectivity index (χ0n) is 19.5. The van der Waals surface area contributed by atoms with Crippen molar-refractivity contribution in [3.05, 3.63) is 53.7 Å². The quantitative estimate of drug-likeness (QED) is 0.416. The summed E-state index contributed by atoms with van der Waals surface area (Å²) in [6.45, 7) is 18.6. The van der Waals surface area contributed by atoms with E-state index in [2.05, 4.69) is 88.7 Å². The van der Waals surface area contributed by atoms with Gasteiger partial charge in [0.15, 0.2) is 0 Å². The van der Waals surface area contributed by atoms with Crippen molar-refractivity contribution in [3.63, 3.8) is 0 Å². The van der Waals surface area contributed by atoms with E-state index in [0.717, 1.165) is 31.8 Å². The summed E-state index contributed by atoms with van der Waals surface area (Å²) in [7, 11) is 0. The number of pyridine rings is 1. The molecule has 3 heteroatoms. The van der Waals surface area contributed by atoms with Crippen molar-refractivity contribution >= 4 is 5.69 Å². The third kappa shape index (κ3) is 6.76. The standard InChI is InChI=1S/C26H40N2O/c1-8-28(9-2)24-12-10-11-23(17-24)26(6,7)18-21(5)15-16-29-25-14-13-22(19-27-25)20(3)4/h10-14,17,19-21H,8-9,15-16,18H2,1-7H3. The molecule has 2 rings (SSSR count). The topological polar surface area (TPSA) is 25.4 Å². The summed E-state index contributed by atoms with van der Waals surface area (Å²) in [5.41, 5.74) is 4.13. The minimum Gasteiger partial charge on any atom is -0.478 e. The third-order valence-corrected chi connectivity index (χ3v) is 5.90. The van der Waals surface area contributed by atoms with Gasteiger partial charge in [-0.1, -0.05) is 52.8 Å². The zero-order valence-corrected chi connectivity index (χ0v) is 19.5. The van der Waals surface area contributed by atoms with Gasteiger partial charge in [0.05, 0.1) is 6.61 Å². The zero-order chi connectivity index (χ0) is 21.4. The number of hydrogen-bond donors (Lipinski definition) is 0. The molecule has 3 nitrogen and oxygen atoms in total. The first-order valence-corrected chi connectivity index (χ1v) is 11.2. The summed E-state index contributed by atoms with van der Waals surface area (Å²) in [6.07, 6.45) is 4.10. The van der Waals surface area contributed by atoms with Crippen molar-refractivity contribution in [1.82, 2.24) is 4.98 Å². The van der Waals surface area contributed by atoms with Crippen molar-refractivity contribution < 1.29 is 4.74 Å². The second kappa shape index (κ2) is 10.7. The van der Waals surface area contributed by atoms with E-state index in [9.17, 15) is 0 Å². The van der Waals surface area contributed by atoms with Crippen LogP contribution >= 0.6 is 0 Å². The Morgan fingerprint density at radius 3 is 2.34 bits per heavy atom. The van der Waals surface area contributed by atoms with Crippen LogP contribution in [0, 0.1) is 5.92 Å². The van der Waals surface area contributed by atoms with Gasteiger partial charge in [0.2, 0.25) is 5.88 Å². The minimum atomic E-state index is 0.139. The fraction of sp³-hybridized carbons (Fsp3) is 0.577. The van der Waals surface area contributed by atoms with Gasteiger partial charge in [-0.25, -0.2) is 4.98 Å². The Morgan fingerprint density at radius 2 is 1.76 bits per heavy atom. The van der Waals surface area contributed by atoms with Crippen molar-refractivity contribution in [2.75, 3.05) is 24.6 Å². The lowest BCUT2D eigenvalue weighted by Crippen LogP contribution is -2.24. The van der Waals surface area contributed by atoms with Gasteiger partial charge in [-0.15, -0.1) is 0 Å². The first-order valence-electron chi connectivity index (χ1n) is 11.2. The Bertz CT molecular complexity index is 733. The Morgan fingerprint density at radius 1 is 1.03 bits per heavy atom. The Kier molecular flexibility index (Phi) is 8.55. The van der Waals surface area contributed by atoms with Crippen LogP contribution in [0.15, 0.2) is 42.6 Å². The van der Waals surface area contributed by atoms with E-state index in [4.69, 9.17) is 4.74 Å². The first kappa shape index (κ1) is 23.3. The first-order chi connectivity index (χ1) is 13.8. The third-order valence-electron chi connectivity index (χ3n) is 5.90. The molecule has 0 radical (unpaired) electrons. The molecule has 0 N–H and O–H groups in total. The van der Waals surface area contributed by atoms with Crippen LogP contribution in [-0.4, -0.2) is 24.7 Å². The lowest BCUT2D eigenvalue weighted by atomic mass is 9.76. The summed E-state index contributed by atoms with van der Waals surface area (Å²) in [5.74, 6) is 1.81. The number of benzene rings is 1. The highest BCUT2D eigenvalue weighted by Crippen LogP contribution is 2.33. The second-order valence-corrected chi connectivity index (χ2v) is 9.14. The van der Waals surface area contributed by atoms with Gasteiger partial charge in [-0.3, -0.25) is 0 Å². The molecule has 2 aromatic rings. The highest BCUT2D eigenvalue weighted by molar-refractivity contribution is 5.49. The van der Waals surface area contributed by atoms with E-state index >= 15 is 0 Å². The molecule has 1 aromatic heterocycles. The fourth-order valence-corrected chi connectivity index (χ4v) is 3.99. The molecule has 0 spiro atoms. The van der Waals surface area contributed by atoms with Gasteiger partial charge >= 0.3 is 0 Å². The number of aromatic nitrogens is 1. The summed E-state index contributed by atoms with van der Waals surface area (Å²) in [6, 6.07) is 13.2. The molecule has 1 atom stereocenters. The van der Waals surface area contributed by atoms with E-state index < -0.39 is 0 Å². The number of anilines is 1. The highest BCUT2D eigenvalue weighted by Gasteiger charge is 2.24. The summed E-state index contributed by atoms with van der Waals surface area (Å²) < 4.78 is 5.89. The summed E-state index contributed by atoms with van der Waals surface area (Å²) in [4.78, 5) is 6.85. The van der Waals surface area contributed by atoms with Gasteiger partial charge in [-0.05, 0) is 67.2 Å². The van der Waals surface area contributed by atoms with E-state index in [1.54, 1.807) is 0 Å². The van der Waals surface area contributed by atoms with Crippen LogP contribution in [0.25, 0.3) is 0 Å². The monoisotopic (exact) mass is 396 g/mol. The normalized spacial score (nSPS) is 12.8. The molecular formula is C26H40N2O. The van der Waals surface area contributed by atoms with Crippen LogP contribution in [-0.2, 0) is 5.41 Å². The Labute approximate surface area is 178 Å². The largest absolute Gasteiger partial charge is 0.478 e. The second-order valence-electron chi connectivity index (χ2n) is 9.14. The average Bonchev–Trinajstić information content (AvgIpc) is 2.69.